The number of anilines is 2. The molecule has 5 nitrogen and oxygen atoms in total. The van der Waals surface area contributed by atoms with Gasteiger partial charge in [-0.25, -0.2) is 4.39 Å². The number of amides is 2. The number of halogens is 2. The number of benzene rings is 2. The summed E-state index contributed by atoms with van der Waals surface area (Å²) in [5.74, 6) is -1.00. The van der Waals surface area contributed by atoms with Crippen LogP contribution < -0.4 is 10.6 Å². The molecule has 4 rings (SSSR count). The Hall–Kier alpha value is -2.90. The quantitative estimate of drug-likeness (QED) is 0.560. The van der Waals surface area contributed by atoms with E-state index in [1.807, 2.05) is 17.9 Å². The smallest absolute Gasteiger partial charge is 0.254 e. The highest BCUT2D eigenvalue weighted by Gasteiger charge is 2.24. The third-order valence-electron chi connectivity index (χ3n) is 5.30. The van der Waals surface area contributed by atoms with E-state index in [2.05, 4.69) is 22.1 Å². The number of nitrogens with one attached hydrogen (secondary N) is 2. The SMILES string of the molecule is Cc1c(NCC(=O)Nc2cc(Cl)ccc2F)cccc1C(=O)N1CCc2sccc2C1. The minimum absolute atomic E-state index is 0.0246. The maximum atomic E-state index is 13.8. The number of carbonyl (C=O) groups excluding carboxylic acids is 2. The van der Waals surface area contributed by atoms with Crippen molar-refractivity contribution in [2.45, 2.75) is 19.9 Å². The standard InChI is InChI=1S/C23H21ClFN3O2S/c1-14-17(23(30)28-9-7-21-15(13-28)8-10-31-21)3-2-4-19(14)26-12-22(29)27-20-11-16(24)5-6-18(20)25/h2-6,8,10-11,26H,7,9,12-13H2,1H3,(H,27,29). The summed E-state index contributed by atoms with van der Waals surface area (Å²) in [6.45, 7) is 3.08. The summed E-state index contributed by atoms with van der Waals surface area (Å²) in [7, 11) is 0. The van der Waals surface area contributed by atoms with Gasteiger partial charge in [0.1, 0.15) is 5.82 Å². The summed E-state index contributed by atoms with van der Waals surface area (Å²) >= 11 is 7.59. The Labute approximate surface area is 188 Å². The van der Waals surface area contributed by atoms with E-state index < -0.39 is 11.7 Å². The second-order valence-corrected chi connectivity index (χ2v) is 8.79. The van der Waals surface area contributed by atoms with Crippen LogP contribution in [0.4, 0.5) is 15.8 Å². The number of nitrogens with zero attached hydrogens (tertiary/aromatic N) is 1. The molecule has 0 radical (unpaired) electrons. The molecule has 0 fully saturated rings. The van der Waals surface area contributed by atoms with Gasteiger partial charge in [0, 0.05) is 34.2 Å². The monoisotopic (exact) mass is 457 g/mol. The average molecular weight is 458 g/mol. The van der Waals surface area contributed by atoms with Crippen molar-refractivity contribution in [1.29, 1.82) is 0 Å². The third-order valence-corrected chi connectivity index (χ3v) is 6.56. The molecule has 0 unspecified atom stereocenters. The number of carbonyl (C=O) groups is 2. The lowest BCUT2D eigenvalue weighted by Gasteiger charge is -2.28. The van der Waals surface area contributed by atoms with Crippen LogP contribution in [0.1, 0.15) is 26.4 Å². The van der Waals surface area contributed by atoms with Crippen molar-refractivity contribution in [3.63, 3.8) is 0 Å². The van der Waals surface area contributed by atoms with Crippen LogP contribution >= 0.6 is 22.9 Å². The zero-order chi connectivity index (χ0) is 22.0. The fourth-order valence-electron chi connectivity index (χ4n) is 3.61. The summed E-state index contributed by atoms with van der Waals surface area (Å²) in [4.78, 5) is 28.6. The van der Waals surface area contributed by atoms with Gasteiger partial charge in [0.25, 0.3) is 5.91 Å². The van der Waals surface area contributed by atoms with Crippen LogP contribution in [-0.2, 0) is 17.8 Å². The van der Waals surface area contributed by atoms with Crippen molar-refractivity contribution in [2.24, 2.45) is 0 Å². The molecular formula is C23H21ClFN3O2S. The second kappa shape index (κ2) is 9.08. The van der Waals surface area contributed by atoms with Crippen molar-refractivity contribution in [2.75, 3.05) is 23.7 Å². The third kappa shape index (κ3) is 4.73. The van der Waals surface area contributed by atoms with Crippen LogP contribution in [-0.4, -0.2) is 29.8 Å². The fraction of sp³-hybridized carbons (Fsp3) is 0.217. The molecule has 0 spiro atoms. The first-order valence-corrected chi connectivity index (χ1v) is 11.1. The Bertz CT molecular complexity index is 1150. The molecule has 0 bridgehead atoms. The summed E-state index contributed by atoms with van der Waals surface area (Å²) < 4.78 is 13.8. The van der Waals surface area contributed by atoms with E-state index in [0.717, 1.165) is 12.0 Å². The van der Waals surface area contributed by atoms with Crippen molar-refractivity contribution >= 4 is 46.1 Å². The normalized spacial score (nSPS) is 12.9. The molecule has 0 atom stereocenters. The molecule has 1 aliphatic heterocycles. The van der Waals surface area contributed by atoms with Crippen LogP contribution in [0.25, 0.3) is 0 Å². The van der Waals surface area contributed by atoms with Crippen LogP contribution in [0.2, 0.25) is 5.02 Å². The maximum Gasteiger partial charge on any atom is 0.254 e. The van der Waals surface area contributed by atoms with Gasteiger partial charge >= 0.3 is 0 Å². The van der Waals surface area contributed by atoms with Gasteiger partial charge in [-0.2, -0.15) is 0 Å². The minimum atomic E-state index is -0.558. The summed E-state index contributed by atoms with van der Waals surface area (Å²) in [5.41, 5.74) is 3.29. The van der Waals surface area contributed by atoms with Crippen LogP contribution in [0.5, 0.6) is 0 Å². The van der Waals surface area contributed by atoms with E-state index in [4.69, 9.17) is 11.6 Å². The summed E-state index contributed by atoms with van der Waals surface area (Å²) in [6.07, 6.45) is 0.871. The topological polar surface area (TPSA) is 61.4 Å². The minimum Gasteiger partial charge on any atom is -0.376 e. The maximum absolute atomic E-state index is 13.8. The Kier molecular flexibility index (Phi) is 6.25. The van der Waals surface area contributed by atoms with Crippen LogP contribution in [0.3, 0.4) is 0 Å². The molecule has 1 aromatic heterocycles. The number of hydrogen-bond acceptors (Lipinski definition) is 4. The van der Waals surface area contributed by atoms with Crippen LogP contribution in [0, 0.1) is 12.7 Å². The van der Waals surface area contributed by atoms with E-state index in [1.165, 1.54) is 28.6 Å². The van der Waals surface area contributed by atoms with Crippen molar-refractivity contribution in [3.05, 3.63) is 80.3 Å². The molecule has 31 heavy (non-hydrogen) atoms. The molecular weight excluding hydrogens is 437 g/mol. The second-order valence-electron chi connectivity index (χ2n) is 7.35. The highest BCUT2D eigenvalue weighted by molar-refractivity contribution is 7.10. The predicted molar refractivity (Wildman–Crippen MR) is 122 cm³/mol. The van der Waals surface area contributed by atoms with Crippen molar-refractivity contribution < 1.29 is 14.0 Å². The average Bonchev–Trinajstić information content (AvgIpc) is 3.23. The molecule has 0 saturated heterocycles. The molecule has 1 aliphatic rings. The highest BCUT2D eigenvalue weighted by atomic mass is 35.5. The summed E-state index contributed by atoms with van der Waals surface area (Å²) in [5, 5.41) is 7.94. The Morgan fingerprint density at radius 1 is 1.19 bits per heavy atom. The van der Waals surface area contributed by atoms with Crippen molar-refractivity contribution in [1.82, 2.24) is 4.90 Å². The lowest BCUT2D eigenvalue weighted by Crippen LogP contribution is -2.35. The number of rotatable bonds is 5. The van der Waals surface area contributed by atoms with Gasteiger partial charge in [-0.1, -0.05) is 17.7 Å². The highest BCUT2D eigenvalue weighted by Crippen LogP contribution is 2.27. The number of fused-ring (bicyclic) bond motifs is 1. The lowest BCUT2D eigenvalue weighted by atomic mass is 10.0. The summed E-state index contributed by atoms with van der Waals surface area (Å²) in [6, 6.07) is 11.4. The Balaban J connectivity index is 1.42. The zero-order valence-electron chi connectivity index (χ0n) is 16.9. The van der Waals surface area contributed by atoms with Gasteiger partial charge in [-0.05, 0) is 66.2 Å². The molecule has 160 valence electrons. The van der Waals surface area contributed by atoms with Gasteiger partial charge in [0.05, 0.1) is 12.2 Å². The molecule has 3 aromatic rings. The Morgan fingerprint density at radius 3 is 2.87 bits per heavy atom. The molecule has 8 heteroatoms. The van der Waals surface area contributed by atoms with Gasteiger partial charge < -0.3 is 15.5 Å². The van der Waals surface area contributed by atoms with Crippen LogP contribution in [0.15, 0.2) is 47.8 Å². The number of hydrogen-bond donors (Lipinski definition) is 2. The van der Waals surface area contributed by atoms with Crippen molar-refractivity contribution in [3.8, 4) is 0 Å². The fourth-order valence-corrected chi connectivity index (χ4v) is 4.68. The number of thiophene rings is 1. The van der Waals surface area contributed by atoms with E-state index in [-0.39, 0.29) is 18.1 Å². The van der Waals surface area contributed by atoms with E-state index in [1.54, 1.807) is 23.5 Å². The molecule has 2 amide bonds. The van der Waals surface area contributed by atoms with Gasteiger partial charge in [-0.3, -0.25) is 9.59 Å². The molecule has 0 saturated carbocycles. The van der Waals surface area contributed by atoms with E-state index in [9.17, 15) is 14.0 Å². The molecule has 2 aromatic carbocycles. The molecule has 2 heterocycles. The predicted octanol–water partition coefficient (Wildman–Crippen LogP) is 5.10. The first-order chi connectivity index (χ1) is 14.9. The zero-order valence-corrected chi connectivity index (χ0v) is 18.4. The molecule has 2 N–H and O–H groups in total. The van der Waals surface area contributed by atoms with Gasteiger partial charge in [-0.15, -0.1) is 11.3 Å². The molecule has 0 aliphatic carbocycles. The largest absolute Gasteiger partial charge is 0.376 e. The van der Waals surface area contributed by atoms with E-state index >= 15 is 0 Å². The van der Waals surface area contributed by atoms with Gasteiger partial charge in [0.15, 0.2) is 0 Å². The van der Waals surface area contributed by atoms with E-state index in [0.29, 0.717) is 29.4 Å². The Morgan fingerprint density at radius 2 is 2.03 bits per heavy atom. The first-order valence-electron chi connectivity index (χ1n) is 9.85. The first kappa shape index (κ1) is 21.3. The lowest BCUT2D eigenvalue weighted by molar-refractivity contribution is -0.114. The van der Waals surface area contributed by atoms with Gasteiger partial charge in [0.2, 0.25) is 5.91 Å².